The molecule has 0 saturated heterocycles. The quantitative estimate of drug-likeness (QED) is 0.734. The Morgan fingerprint density at radius 2 is 1.77 bits per heavy atom. The van der Waals surface area contributed by atoms with Gasteiger partial charge in [-0.3, -0.25) is 4.79 Å². The molecule has 0 saturated carbocycles. The normalized spacial score (nSPS) is 11.3. The molecule has 0 aliphatic rings. The predicted octanol–water partition coefficient (Wildman–Crippen LogP) is 2.75. The Hall–Kier alpha value is -2.18. The van der Waals surface area contributed by atoms with Crippen molar-refractivity contribution >= 4 is 15.9 Å². The number of benzene rings is 2. The van der Waals surface area contributed by atoms with Crippen molar-refractivity contribution < 1.29 is 13.2 Å². The largest absolute Gasteiger partial charge is 0.342 e. The van der Waals surface area contributed by atoms with Gasteiger partial charge in [-0.2, -0.15) is 0 Å². The molecule has 1 amide bonds. The lowest BCUT2D eigenvalue weighted by Gasteiger charge is -2.21. The molecule has 0 aliphatic carbocycles. The average Bonchev–Trinajstić information content (AvgIpc) is 2.61. The fourth-order valence-corrected chi connectivity index (χ4v) is 3.85. The van der Waals surface area contributed by atoms with Gasteiger partial charge >= 0.3 is 0 Å². The monoisotopic (exact) mass is 374 g/mol. The van der Waals surface area contributed by atoms with Gasteiger partial charge in [0.1, 0.15) is 0 Å². The van der Waals surface area contributed by atoms with Crippen LogP contribution in [0.2, 0.25) is 0 Å². The first-order valence-electron chi connectivity index (χ1n) is 8.74. The van der Waals surface area contributed by atoms with Gasteiger partial charge in [-0.25, -0.2) is 13.1 Å². The van der Waals surface area contributed by atoms with E-state index in [9.17, 15) is 13.2 Å². The van der Waals surface area contributed by atoms with Crippen LogP contribution in [-0.2, 0) is 21.2 Å². The zero-order valence-corrected chi connectivity index (χ0v) is 16.1. The Kier molecular flexibility index (Phi) is 7.36. The smallest absolute Gasteiger partial charge is 0.240 e. The molecule has 0 bridgehead atoms. The zero-order chi connectivity index (χ0) is 19.0. The third-order valence-electron chi connectivity index (χ3n) is 4.16. The van der Waals surface area contributed by atoms with Crippen LogP contribution in [0, 0.1) is 6.92 Å². The SMILES string of the molecule is CC(=O)N(CCCc1ccccc1)CCNS(=O)(=O)c1cccc(C)c1. The summed E-state index contributed by atoms with van der Waals surface area (Å²) in [5, 5.41) is 0. The zero-order valence-electron chi connectivity index (χ0n) is 15.3. The summed E-state index contributed by atoms with van der Waals surface area (Å²) in [7, 11) is -3.56. The highest BCUT2D eigenvalue weighted by atomic mass is 32.2. The minimum Gasteiger partial charge on any atom is -0.342 e. The molecule has 0 heterocycles. The first-order valence-corrected chi connectivity index (χ1v) is 10.2. The Morgan fingerprint density at radius 1 is 1.04 bits per heavy atom. The van der Waals surface area contributed by atoms with Gasteiger partial charge in [0.15, 0.2) is 0 Å². The minimum absolute atomic E-state index is 0.0483. The molecule has 0 atom stereocenters. The van der Waals surface area contributed by atoms with Crippen LogP contribution in [0.1, 0.15) is 24.5 Å². The fraction of sp³-hybridized carbons (Fsp3) is 0.350. The van der Waals surface area contributed by atoms with E-state index < -0.39 is 10.0 Å². The second-order valence-corrected chi connectivity index (χ2v) is 8.08. The van der Waals surface area contributed by atoms with Gasteiger partial charge in [-0.15, -0.1) is 0 Å². The molecule has 0 radical (unpaired) electrons. The Balaban J connectivity index is 1.83. The van der Waals surface area contributed by atoms with E-state index in [1.54, 1.807) is 23.1 Å². The summed E-state index contributed by atoms with van der Waals surface area (Å²) in [6, 6.07) is 16.9. The van der Waals surface area contributed by atoms with Crippen LogP contribution in [0.4, 0.5) is 0 Å². The molecule has 26 heavy (non-hydrogen) atoms. The van der Waals surface area contributed by atoms with Crippen molar-refractivity contribution in [1.82, 2.24) is 9.62 Å². The lowest BCUT2D eigenvalue weighted by molar-refractivity contribution is -0.128. The topological polar surface area (TPSA) is 66.5 Å². The standard InChI is InChI=1S/C20H26N2O3S/c1-17-8-6-12-20(16-17)26(24,25)21-13-15-22(18(2)23)14-7-11-19-9-4-3-5-10-19/h3-6,8-10,12,16,21H,7,11,13-15H2,1-2H3. The second-order valence-electron chi connectivity index (χ2n) is 6.31. The lowest BCUT2D eigenvalue weighted by atomic mass is 10.1. The van der Waals surface area contributed by atoms with Crippen LogP contribution in [0.5, 0.6) is 0 Å². The first kappa shape index (κ1) is 20.1. The molecule has 0 unspecified atom stereocenters. The van der Waals surface area contributed by atoms with E-state index in [4.69, 9.17) is 0 Å². The summed E-state index contributed by atoms with van der Waals surface area (Å²) in [5.41, 5.74) is 2.12. The van der Waals surface area contributed by atoms with Crippen molar-refractivity contribution in [2.24, 2.45) is 0 Å². The van der Waals surface area contributed by atoms with E-state index in [2.05, 4.69) is 16.9 Å². The molecular weight excluding hydrogens is 348 g/mol. The molecule has 140 valence electrons. The highest BCUT2D eigenvalue weighted by Gasteiger charge is 2.15. The van der Waals surface area contributed by atoms with Gasteiger partial charge < -0.3 is 4.90 Å². The number of hydrogen-bond acceptors (Lipinski definition) is 3. The van der Waals surface area contributed by atoms with E-state index in [-0.39, 0.29) is 17.3 Å². The number of rotatable bonds is 9. The van der Waals surface area contributed by atoms with Crippen LogP contribution < -0.4 is 4.72 Å². The van der Waals surface area contributed by atoms with Crippen molar-refractivity contribution in [3.63, 3.8) is 0 Å². The molecule has 1 N–H and O–H groups in total. The van der Waals surface area contributed by atoms with E-state index in [0.29, 0.717) is 13.1 Å². The van der Waals surface area contributed by atoms with Gasteiger partial charge in [0.05, 0.1) is 4.90 Å². The van der Waals surface area contributed by atoms with Crippen molar-refractivity contribution in [3.05, 3.63) is 65.7 Å². The average molecular weight is 375 g/mol. The summed E-state index contributed by atoms with van der Waals surface area (Å²) in [5.74, 6) is -0.0483. The molecule has 0 spiro atoms. The minimum atomic E-state index is -3.56. The third kappa shape index (κ3) is 6.28. The summed E-state index contributed by atoms with van der Waals surface area (Å²) < 4.78 is 27.2. The van der Waals surface area contributed by atoms with Crippen molar-refractivity contribution in [2.75, 3.05) is 19.6 Å². The Morgan fingerprint density at radius 3 is 2.42 bits per heavy atom. The number of nitrogens with zero attached hydrogens (tertiary/aromatic N) is 1. The number of carbonyl (C=O) groups excluding carboxylic acids is 1. The molecular formula is C20H26N2O3S. The van der Waals surface area contributed by atoms with Gasteiger partial charge in [0.25, 0.3) is 0 Å². The Labute approximate surface area is 156 Å². The van der Waals surface area contributed by atoms with Crippen molar-refractivity contribution in [1.29, 1.82) is 0 Å². The van der Waals surface area contributed by atoms with Crippen LogP contribution in [0.15, 0.2) is 59.5 Å². The van der Waals surface area contributed by atoms with E-state index in [1.165, 1.54) is 12.5 Å². The Bertz CT molecular complexity index is 820. The highest BCUT2D eigenvalue weighted by Crippen LogP contribution is 2.10. The molecule has 0 aliphatic heterocycles. The summed E-state index contributed by atoms with van der Waals surface area (Å²) in [6.07, 6.45) is 1.73. The number of sulfonamides is 1. The summed E-state index contributed by atoms with van der Waals surface area (Å²) >= 11 is 0. The molecule has 0 aromatic heterocycles. The molecule has 2 rings (SSSR count). The predicted molar refractivity (Wildman–Crippen MR) is 103 cm³/mol. The maximum Gasteiger partial charge on any atom is 0.240 e. The maximum atomic E-state index is 12.3. The highest BCUT2D eigenvalue weighted by molar-refractivity contribution is 7.89. The molecule has 5 nitrogen and oxygen atoms in total. The van der Waals surface area contributed by atoms with E-state index in [0.717, 1.165) is 18.4 Å². The number of carbonyl (C=O) groups is 1. The third-order valence-corrected chi connectivity index (χ3v) is 5.61. The number of aryl methyl sites for hydroxylation is 2. The van der Waals surface area contributed by atoms with Crippen LogP contribution in [-0.4, -0.2) is 38.9 Å². The fourth-order valence-electron chi connectivity index (χ4n) is 2.73. The van der Waals surface area contributed by atoms with E-state index in [1.807, 2.05) is 31.2 Å². The molecule has 0 fully saturated rings. The van der Waals surface area contributed by atoms with Gasteiger partial charge in [-0.05, 0) is 43.0 Å². The molecule has 2 aromatic rings. The van der Waals surface area contributed by atoms with Gasteiger partial charge in [0.2, 0.25) is 15.9 Å². The van der Waals surface area contributed by atoms with Crippen LogP contribution in [0.25, 0.3) is 0 Å². The van der Waals surface area contributed by atoms with Gasteiger partial charge in [-0.1, -0.05) is 42.5 Å². The summed E-state index contributed by atoms with van der Waals surface area (Å²) in [4.78, 5) is 13.7. The van der Waals surface area contributed by atoms with Crippen molar-refractivity contribution in [2.45, 2.75) is 31.6 Å². The number of nitrogens with one attached hydrogen (secondary N) is 1. The molecule has 2 aromatic carbocycles. The van der Waals surface area contributed by atoms with Crippen LogP contribution >= 0.6 is 0 Å². The molecule has 6 heteroatoms. The number of amides is 1. The van der Waals surface area contributed by atoms with E-state index >= 15 is 0 Å². The first-order chi connectivity index (χ1) is 12.4. The van der Waals surface area contributed by atoms with Crippen molar-refractivity contribution in [3.8, 4) is 0 Å². The lowest BCUT2D eigenvalue weighted by Crippen LogP contribution is -2.38. The number of hydrogen-bond donors (Lipinski definition) is 1. The second kappa shape index (κ2) is 9.50. The van der Waals surface area contributed by atoms with Gasteiger partial charge in [0, 0.05) is 26.6 Å². The van der Waals surface area contributed by atoms with Crippen LogP contribution in [0.3, 0.4) is 0 Å². The maximum absolute atomic E-state index is 12.3. The summed E-state index contributed by atoms with van der Waals surface area (Å²) in [6.45, 7) is 4.52.